The fourth-order valence-corrected chi connectivity index (χ4v) is 5.08. The van der Waals surface area contributed by atoms with Gasteiger partial charge in [0.25, 0.3) is 5.91 Å². The third-order valence-corrected chi connectivity index (χ3v) is 6.93. The maximum absolute atomic E-state index is 13.9. The predicted octanol–water partition coefficient (Wildman–Crippen LogP) is 6.53. The lowest BCUT2D eigenvalue weighted by Crippen LogP contribution is -2.29. The van der Waals surface area contributed by atoms with Gasteiger partial charge in [-0.3, -0.25) is 14.5 Å². The Morgan fingerprint density at radius 1 is 0.825 bits per heavy atom. The van der Waals surface area contributed by atoms with E-state index in [0.717, 1.165) is 5.56 Å². The number of anilines is 1. The van der Waals surface area contributed by atoms with Gasteiger partial charge < -0.3 is 18.6 Å². The first kappa shape index (κ1) is 25.2. The average molecular weight is 534 g/mol. The molecule has 0 saturated carbocycles. The minimum Gasteiger partial charge on any atom is -0.497 e. The van der Waals surface area contributed by atoms with Gasteiger partial charge in [0.05, 0.1) is 30.7 Å². The lowest BCUT2D eigenvalue weighted by molar-refractivity contribution is 0.0971. The lowest BCUT2D eigenvalue weighted by atomic mass is 9.97. The van der Waals surface area contributed by atoms with E-state index in [1.807, 2.05) is 61.5 Å². The lowest BCUT2D eigenvalue weighted by Gasteiger charge is -2.26. The third-order valence-electron chi connectivity index (χ3n) is 6.93. The average Bonchev–Trinajstić information content (AvgIpc) is 3.29. The van der Waals surface area contributed by atoms with E-state index >= 15 is 0 Å². The zero-order valence-corrected chi connectivity index (χ0v) is 22.1. The smallest absolute Gasteiger partial charge is 0.295 e. The topological polar surface area (TPSA) is 78.2 Å². The van der Waals surface area contributed by atoms with Gasteiger partial charge in [0.2, 0.25) is 5.76 Å². The maximum Gasteiger partial charge on any atom is 0.295 e. The molecule has 7 heteroatoms. The molecule has 0 saturated heterocycles. The molecular weight excluding hydrogens is 506 g/mol. The molecule has 0 bridgehead atoms. The minimum atomic E-state index is -0.752. The predicted molar refractivity (Wildman–Crippen MR) is 153 cm³/mol. The van der Waals surface area contributed by atoms with Crippen LogP contribution in [0.5, 0.6) is 17.2 Å². The highest BCUT2D eigenvalue weighted by Gasteiger charge is 2.44. The number of hydrogen-bond acceptors (Lipinski definition) is 6. The van der Waals surface area contributed by atoms with E-state index in [1.54, 1.807) is 54.5 Å². The number of fused-ring (bicyclic) bond motifs is 2. The number of hydrogen-bond donors (Lipinski definition) is 0. The Labute approximate surface area is 231 Å². The molecule has 2 heterocycles. The molecule has 0 radical (unpaired) electrons. The van der Waals surface area contributed by atoms with Crippen molar-refractivity contribution in [3.05, 3.63) is 130 Å². The number of carbonyl (C=O) groups excluding carboxylic acids is 1. The molecule has 200 valence electrons. The standard InChI is InChI=1S/C33H27NO6/c1-3-38-28-18-22(16-17-27(28)39-20-21-10-5-4-6-11-21)30-29-31(35)25-14-7-8-15-26(25)40-32(29)33(36)34(30)23-12-9-13-24(19-23)37-2/h4-19,30H,3,20H2,1-2H3. The van der Waals surface area contributed by atoms with Crippen LogP contribution in [0.25, 0.3) is 11.0 Å². The highest BCUT2D eigenvalue weighted by Crippen LogP contribution is 2.44. The summed E-state index contributed by atoms with van der Waals surface area (Å²) < 4.78 is 23.6. The first-order valence-electron chi connectivity index (χ1n) is 13.1. The zero-order valence-electron chi connectivity index (χ0n) is 22.1. The van der Waals surface area contributed by atoms with Crippen molar-refractivity contribution in [3.8, 4) is 17.2 Å². The summed E-state index contributed by atoms with van der Waals surface area (Å²) in [7, 11) is 1.57. The van der Waals surface area contributed by atoms with Crippen LogP contribution in [-0.2, 0) is 6.61 Å². The molecule has 0 aliphatic carbocycles. The largest absolute Gasteiger partial charge is 0.497 e. The van der Waals surface area contributed by atoms with Crippen LogP contribution in [0.15, 0.2) is 106 Å². The fraction of sp³-hybridized carbons (Fsp3) is 0.152. The molecule has 5 aromatic rings. The molecule has 1 aliphatic heterocycles. The SMILES string of the molecule is CCOc1cc(C2c3c(oc4ccccc4c3=O)C(=O)N2c2cccc(OC)c2)ccc1OCc1ccccc1. The van der Waals surface area contributed by atoms with Crippen LogP contribution in [0.3, 0.4) is 0 Å². The van der Waals surface area contributed by atoms with E-state index in [4.69, 9.17) is 18.6 Å². The Morgan fingerprint density at radius 2 is 1.62 bits per heavy atom. The molecule has 6 rings (SSSR count). The van der Waals surface area contributed by atoms with Gasteiger partial charge >= 0.3 is 0 Å². The molecule has 1 atom stereocenters. The van der Waals surface area contributed by atoms with Crippen LogP contribution >= 0.6 is 0 Å². The van der Waals surface area contributed by atoms with Crippen molar-refractivity contribution in [2.24, 2.45) is 0 Å². The fourth-order valence-electron chi connectivity index (χ4n) is 5.08. The van der Waals surface area contributed by atoms with Gasteiger partial charge in [-0.1, -0.05) is 54.6 Å². The van der Waals surface area contributed by atoms with Crippen LogP contribution in [0.2, 0.25) is 0 Å². The molecule has 7 nitrogen and oxygen atoms in total. The Bertz CT molecular complexity index is 1760. The second-order valence-electron chi connectivity index (χ2n) is 9.36. The third kappa shape index (κ3) is 4.45. The summed E-state index contributed by atoms with van der Waals surface area (Å²) in [5, 5.41) is 0.416. The van der Waals surface area contributed by atoms with Gasteiger partial charge in [0.1, 0.15) is 17.9 Å². The number of ether oxygens (including phenoxy) is 3. The van der Waals surface area contributed by atoms with Crippen LogP contribution in [0.1, 0.15) is 40.2 Å². The first-order chi connectivity index (χ1) is 19.6. The molecule has 4 aromatic carbocycles. The van der Waals surface area contributed by atoms with E-state index in [1.165, 1.54) is 0 Å². The number of carbonyl (C=O) groups is 1. The summed E-state index contributed by atoms with van der Waals surface area (Å²) in [4.78, 5) is 29.4. The van der Waals surface area contributed by atoms with Crippen LogP contribution in [-0.4, -0.2) is 19.6 Å². The molecule has 1 unspecified atom stereocenters. The Morgan fingerprint density at radius 3 is 2.42 bits per heavy atom. The zero-order chi connectivity index (χ0) is 27.6. The van der Waals surface area contributed by atoms with Crippen molar-refractivity contribution in [2.45, 2.75) is 19.6 Å². The highest BCUT2D eigenvalue weighted by molar-refractivity contribution is 6.10. The van der Waals surface area contributed by atoms with Gasteiger partial charge in [0.15, 0.2) is 16.9 Å². The molecule has 40 heavy (non-hydrogen) atoms. The molecule has 1 aromatic heterocycles. The van der Waals surface area contributed by atoms with Crippen molar-refractivity contribution >= 4 is 22.6 Å². The quantitative estimate of drug-likeness (QED) is 0.226. The number of methoxy groups -OCH3 is 1. The van der Waals surface area contributed by atoms with E-state index in [2.05, 4.69) is 0 Å². The van der Waals surface area contributed by atoms with E-state index < -0.39 is 11.9 Å². The Balaban J connectivity index is 1.50. The number of nitrogens with zero attached hydrogens (tertiary/aromatic N) is 1. The summed E-state index contributed by atoms with van der Waals surface area (Å²) in [6.45, 7) is 2.68. The Hall–Kier alpha value is -5.04. The summed E-state index contributed by atoms with van der Waals surface area (Å²) in [5.74, 6) is 1.30. The van der Waals surface area contributed by atoms with Gasteiger partial charge in [-0.05, 0) is 54.4 Å². The second-order valence-corrected chi connectivity index (χ2v) is 9.36. The number of amides is 1. The van der Waals surface area contributed by atoms with Crippen molar-refractivity contribution in [2.75, 3.05) is 18.6 Å². The summed E-state index contributed by atoms with van der Waals surface area (Å²) in [6.07, 6.45) is 0. The van der Waals surface area contributed by atoms with Gasteiger partial charge in [-0.2, -0.15) is 0 Å². The molecule has 0 N–H and O–H groups in total. The van der Waals surface area contributed by atoms with Gasteiger partial charge in [-0.15, -0.1) is 0 Å². The monoisotopic (exact) mass is 533 g/mol. The maximum atomic E-state index is 13.9. The number of rotatable bonds is 8. The van der Waals surface area contributed by atoms with Crippen molar-refractivity contribution in [1.29, 1.82) is 0 Å². The normalized spacial score (nSPS) is 14.3. The number of para-hydroxylation sites is 1. The molecule has 0 spiro atoms. The van der Waals surface area contributed by atoms with E-state index in [-0.39, 0.29) is 16.8 Å². The van der Waals surface area contributed by atoms with E-state index in [9.17, 15) is 9.59 Å². The molecule has 1 aliphatic rings. The van der Waals surface area contributed by atoms with Gasteiger partial charge in [0, 0.05) is 11.8 Å². The van der Waals surface area contributed by atoms with Crippen molar-refractivity contribution < 1.29 is 23.4 Å². The van der Waals surface area contributed by atoms with Crippen molar-refractivity contribution in [1.82, 2.24) is 0 Å². The van der Waals surface area contributed by atoms with Crippen LogP contribution in [0, 0.1) is 0 Å². The summed E-state index contributed by atoms with van der Waals surface area (Å²) in [6, 6.07) is 28.8. The van der Waals surface area contributed by atoms with Crippen molar-refractivity contribution in [3.63, 3.8) is 0 Å². The van der Waals surface area contributed by atoms with Crippen LogP contribution in [0.4, 0.5) is 5.69 Å². The molecule has 0 fully saturated rings. The first-order valence-corrected chi connectivity index (χ1v) is 13.1. The van der Waals surface area contributed by atoms with Gasteiger partial charge in [-0.25, -0.2) is 0 Å². The summed E-state index contributed by atoms with van der Waals surface area (Å²) >= 11 is 0. The summed E-state index contributed by atoms with van der Waals surface area (Å²) in [5.41, 5.74) is 2.69. The molecule has 1 amide bonds. The minimum absolute atomic E-state index is 0.0267. The number of benzene rings is 4. The molecular formula is C33H27NO6. The Kier molecular flexibility index (Phi) is 6.70. The second kappa shape index (κ2) is 10.6. The highest BCUT2D eigenvalue weighted by atomic mass is 16.5. The van der Waals surface area contributed by atoms with Crippen LogP contribution < -0.4 is 24.5 Å². The van der Waals surface area contributed by atoms with E-state index in [0.29, 0.717) is 52.7 Å².